The quantitative estimate of drug-likeness (QED) is 0.754. The van der Waals surface area contributed by atoms with Crippen LogP contribution in [0.2, 0.25) is 0 Å². The lowest BCUT2D eigenvalue weighted by Gasteiger charge is -2.42. The highest BCUT2D eigenvalue weighted by atomic mass is 32.2. The van der Waals surface area contributed by atoms with Gasteiger partial charge in [0.2, 0.25) is 10.0 Å². The molecule has 1 amide bonds. The summed E-state index contributed by atoms with van der Waals surface area (Å²) in [5, 5.41) is 0. The number of benzene rings is 1. The Morgan fingerprint density at radius 2 is 1.96 bits per heavy atom. The number of rotatable bonds is 4. The summed E-state index contributed by atoms with van der Waals surface area (Å²) < 4.78 is 45.2. The highest BCUT2D eigenvalue weighted by Crippen LogP contribution is 2.27. The minimum absolute atomic E-state index is 0.0306. The van der Waals surface area contributed by atoms with Gasteiger partial charge in [-0.1, -0.05) is 0 Å². The van der Waals surface area contributed by atoms with Crippen molar-refractivity contribution in [3.63, 3.8) is 0 Å². The number of hydrogen-bond donors (Lipinski definition) is 0. The fraction of sp³-hybridized carbons (Fsp3) is 0.500. The second-order valence-electron chi connectivity index (χ2n) is 6.87. The summed E-state index contributed by atoms with van der Waals surface area (Å²) in [4.78, 5) is 23.6. The van der Waals surface area contributed by atoms with Crippen LogP contribution in [0.4, 0.5) is 9.18 Å². The van der Waals surface area contributed by atoms with E-state index in [-0.39, 0.29) is 24.7 Å². The predicted molar refractivity (Wildman–Crippen MR) is 88.3 cm³/mol. The number of nitrogens with zero attached hydrogens (tertiary/aromatic N) is 2. The van der Waals surface area contributed by atoms with Gasteiger partial charge >= 0.3 is 6.09 Å². The monoisotopic (exact) mass is 372 g/mol. The van der Waals surface area contributed by atoms with E-state index in [4.69, 9.17) is 4.74 Å². The molecular weight excluding hydrogens is 351 g/mol. The van der Waals surface area contributed by atoms with Crippen molar-refractivity contribution >= 4 is 22.4 Å². The Bertz CT molecular complexity index is 782. The maximum absolute atomic E-state index is 13.9. The summed E-state index contributed by atoms with van der Waals surface area (Å²) >= 11 is 0. The molecule has 0 atom stereocenters. The van der Waals surface area contributed by atoms with Crippen molar-refractivity contribution < 1.29 is 27.1 Å². The molecule has 0 aliphatic carbocycles. The van der Waals surface area contributed by atoms with Gasteiger partial charge in [-0.15, -0.1) is 0 Å². The molecule has 2 rings (SSSR count). The summed E-state index contributed by atoms with van der Waals surface area (Å²) in [6.45, 7) is 5.27. The summed E-state index contributed by atoms with van der Waals surface area (Å²) in [7, 11) is -2.55. The molecule has 0 aromatic heterocycles. The first kappa shape index (κ1) is 19.3. The third kappa shape index (κ3) is 4.16. The number of likely N-dealkylation sites (N-methyl/N-ethyl adjacent to an activating group) is 1. The van der Waals surface area contributed by atoms with Crippen LogP contribution in [0.1, 0.15) is 31.1 Å². The second kappa shape index (κ2) is 6.72. The molecule has 0 spiro atoms. The predicted octanol–water partition coefficient (Wildman–Crippen LogP) is 1.88. The number of ether oxygens (including phenoxy) is 1. The number of aldehydes is 1. The van der Waals surface area contributed by atoms with E-state index in [1.807, 2.05) is 0 Å². The summed E-state index contributed by atoms with van der Waals surface area (Å²) in [5.74, 6) is -0.922. The SMILES string of the molecule is CN(C(=O)OC(C)(C)C)C1CN(S(=O)(=O)c2cc(C=O)ccc2F)C1. The number of carbonyl (C=O) groups is 2. The van der Waals surface area contributed by atoms with Crippen molar-refractivity contribution in [3.05, 3.63) is 29.6 Å². The number of sulfonamides is 1. The molecule has 0 unspecified atom stereocenters. The molecule has 7 nitrogen and oxygen atoms in total. The van der Waals surface area contributed by atoms with Crippen LogP contribution in [-0.4, -0.2) is 61.8 Å². The van der Waals surface area contributed by atoms with Crippen LogP contribution in [0.25, 0.3) is 0 Å². The van der Waals surface area contributed by atoms with Crippen molar-refractivity contribution in [2.45, 2.75) is 37.3 Å². The molecule has 0 saturated carbocycles. The van der Waals surface area contributed by atoms with Crippen LogP contribution < -0.4 is 0 Å². The van der Waals surface area contributed by atoms with Gasteiger partial charge in [-0.3, -0.25) is 4.79 Å². The zero-order valence-corrected chi connectivity index (χ0v) is 15.3. The lowest BCUT2D eigenvalue weighted by Crippen LogP contribution is -2.61. The Morgan fingerprint density at radius 1 is 1.36 bits per heavy atom. The fourth-order valence-electron chi connectivity index (χ4n) is 2.27. The Morgan fingerprint density at radius 3 is 2.48 bits per heavy atom. The van der Waals surface area contributed by atoms with Crippen molar-refractivity contribution in [1.82, 2.24) is 9.21 Å². The molecule has 9 heteroatoms. The third-order valence-electron chi connectivity index (χ3n) is 3.77. The van der Waals surface area contributed by atoms with Gasteiger partial charge in [0.25, 0.3) is 0 Å². The van der Waals surface area contributed by atoms with Crippen LogP contribution in [0.15, 0.2) is 23.1 Å². The Kier molecular flexibility index (Phi) is 5.19. The Balaban J connectivity index is 2.09. The van der Waals surface area contributed by atoms with E-state index < -0.39 is 32.4 Å². The molecule has 1 aliphatic rings. The molecule has 1 aromatic rings. The topological polar surface area (TPSA) is 84.0 Å². The molecule has 0 bridgehead atoms. The van der Waals surface area contributed by atoms with Gasteiger partial charge in [-0.05, 0) is 39.0 Å². The van der Waals surface area contributed by atoms with Crippen LogP contribution in [0, 0.1) is 5.82 Å². The lowest BCUT2D eigenvalue weighted by atomic mass is 10.1. The van der Waals surface area contributed by atoms with Crippen molar-refractivity contribution in [1.29, 1.82) is 0 Å². The standard InChI is InChI=1S/C16H21FN2O5S/c1-16(2,3)24-15(21)18(4)12-8-19(9-12)25(22,23)14-7-11(10-20)5-6-13(14)17/h5-7,10,12H,8-9H2,1-4H3. The van der Waals surface area contributed by atoms with Crippen molar-refractivity contribution in [2.24, 2.45) is 0 Å². The van der Waals surface area contributed by atoms with Gasteiger partial charge in [0.05, 0.1) is 6.04 Å². The largest absolute Gasteiger partial charge is 0.444 e. The maximum Gasteiger partial charge on any atom is 0.410 e. The Labute approximate surface area is 146 Å². The van der Waals surface area contributed by atoms with Gasteiger partial charge < -0.3 is 9.64 Å². The Hall–Kier alpha value is -2.00. The average molecular weight is 372 g/mol. The molecule has 1 aromatic carbocycles. The normalized spacial score (nSPS) is 16.2. The van der Waals surface area contributed by atoms with Crippen LogP contribution in [-0.2, 0) is 14.8 Å². The van der Waals surface area contributed by atoms with Crippen molar-refractivity contribution in [2.75, 3.05) is 20.1 Å². The summed E-state index contributed by atoms with van der Waals surface area (Å²) in [6, 6.07) is 2.79. The van der Waals surface area contributed by atoms with Crippen molar-refractivity contribution in [3.8, 4) is 0 Å². The average Bonchev–Trinajstić information content (AvgIpc) is 2.43. The highest BCUT2D eigenvalue weighted by Gasteiger charge is 2.42. The molecule has 0 N–H and O–H groups in total. The number of amides is 1. The van der Waals surface area contributed by atoms with Gasteiger partial charge in [-0.25, -0.2) is 17.6 Å². The van der Waals surface area contributed by atoms with Gasteiger partial charge in [0, 0.05) is 25.7 Å². The van der Waals surface area contributed by atoms with E-state index in [0.29, 0.717) is 6.29 Å². The zero-order chi connectivity index (χ0) is 19.0. The fourth-order valence-corrected chi connectivity index (χ4v) is 3.89. The van der Waals surface area contributed by atoms with Crippen LogP contribution >= 0.6 is 0 Å². The van der Waals surface area contributed by atoms with Crippen LogP contribution in [0.3, 0.4) is 0 Å². The van der Waals surface area contributed by atoms with Gasteiger partial charge in [-0.2, -0.15) is 4.31 Å². The molecule has 1 fully saturated rings. The molecule has 1 saturated heterocycles. The van der Waals surface area contributed by atoms with E-state index in [9.17, 15) is 22.4 Å². The van der Waals surface area contributed by atoms with E-state index in [2.05, 4.69) is 0 Å². The highest BCUT2D eigenvalue weighted by molar-refractivity contribution is 7.89. The molecule has 0 radical (unpaired) electrons. The van der Waals surface area contributed by atoms with Gasteiger partial charge in [0.15, 0.2) is 0 Å². The number of carbonyl (C=O) groups excluding carboxylic acids is 2. The number of hydrogen-bond acceptors (Lipinski definition) is 5. The smallest absolute Gasteiger partial charge is 0.410 e. The molecule has 138 valence electrons. The second-order valence-corrected chi connectivity index (χ2v) is 8.78. The first-order valence-corrected chi connectivity index (χ1v) is 9.10. The van der Waals surface area contributed by atoms with E-state index in [1.54, 1.807) is 20.8 Å². The van der Waals surface area contributed by atoms with Crippen LogP contribution in [0.5, 0.6) is 0 Å². The molecule has 1 heterocycles. The van der Waals surface area contributed by atoms with E-state index in [1.165, 1.54) is 18.0 Å². The molecular formula is C16H21FN2O5S. The third-order valence-corrected chi connectivity index (χ3v) is 5.61. The van der Waals surface area contributed by atoms with E-state index in [0.717, 1.165) is 16.4 Å². The lowest BCUT2D eigenvalue weighted by molar-refractivity contribution is 0.00905. The molecule has 1 aliphatic heterocycles. The van der Waals surface area contributed by atoms with Gasteiger partial charge in [0.1, 0.15) is 22.6 Å². The zero-order valence-electron chi connectivity index (χ0n) is 14.5. The molecule has 25 heavy (non-hydrogen) atoms. The van der Waals surface area contributed by atoms with E-state index >= 15 is 0 Å². The summed E-state index contributed by atoms with van der Waals surface area (Å²) in [5.41, 5.74) is -0.581. The minimum Gasteiger partial charge on any atom is -0.444 e. The first-order chi connectivity index (χ1) is 11.5. The first-order valence-electron chi connectivity index (χ1n) is 7.66. The number of halogens is 1. The maximum atomic E-state index is 13.9. The summed E-state index contributed by atoms with van der Waals surface area (Å²) in [6.07, 6.45) is -0.100. The minimum atomic E-state index is -4.07.